The van der Waals surface area contributed by atoms with Gasteiger partial charge in [-0.2, -0.15) is 0 Å². The zero-order valence-electron chi connectivity index (χ0n) is 12.0. The standard InChI is InChI=1S/C15H12Cl2FN3O2/c1-21-13-11(5-10(19)15(21)22)20-6-9(17)14(13)23-12-4-7(18)2-3-8(12)16/h2-4,6,10H,5,19H2,1H3/t10-/m1/s1. The first-order valence-corrected chi connectivity index (χ1v) is 7.47. The largest absolute Gasteiger partial charge is 0.452 e. The van der Waals surface area contributed by atoms with Crippen molar-refractivity contribution in [2.45, 2.75) is 12.5 Å². The summed E-state index contributed by atoms with van der Waals surface area (Å²) in [6, 6.07) is 3.06. The normalized spacial score (nSPS) is 17.2. The number of hydrogen-bond acceptors (Lipinski definition) is 4. The Kier molecular flexibility index (Phi) is 4.14. The van der Waals surface area contributed by atoms with Gasteiger partial charge in [0.2, 0.25) is 5.91 Å². The van der Waals surface area contributed by atoms with Crippen molar-refractivity contribution in [1.82, 2.24) is 4.98 Å². The monoisotopic (exact) mass is 355 g/mol. The Hall–Kier alpha value is -1.89. The first kappa shape index (κ1) is 16.0. The lowest BCUT2D eigenvalue weighted by Crippen LogP contribution is -2.47. The summed E-state index contributed by atoms with van der Waals surface area (Å²) in [6.07, 6.45) is 1.67. The van der Waals surface area contributed by atoms with Crippen molar-refractivity contribution in [3.8, 4) is 11.5 Å². The van der Waals surface area contributed by atoms with Crippen LogP contribution >= 0.6 is 23.2 Å². The van der Waals surface area contributed by atoms with E-state index in [2.05, 4.69) is 4.98 Å². The molecule has 23 heavy (non-hydrogen) atoms. The quantitative estimate of drug-likeness (QED) is 0.898. The fraction of sp³-hybridized carbons (Fsp3) is 0.200. The van der Waals surface area contributed by atoms with Gasteiger partial charge in [0.05, 0.1) is 16.8 Å². The first-order chi connectivity index (χ1) is 10.9. The lowest BCUT2D eigenvalue weighted by Gasteiger charge is -2.30. The number of amides is 1. The van der Waals surface area contributed by atoms with Gasteiger partial charge in [0.1, 0.15) is 22.3 Å². The summed E-state index contributed by atoms with van der Waals surface area (Å²) in [7, 11) is 1.55. The number of nitrogens with zero attached hydrogens (tertiary/aromatic N) is 2. The summed E-state index contributed by atoms with van der Waals surface area (Å²) in [5, 5.41) is 0.397. The van der Waals surface area contributed by atoms with Crippen LogP contribution in [-0.4, -0.2) is 24.0 Å². The summed E-state index contributed by atoms with van der Waals surface area (Å²) in [5.41, 5.74) is 6.77. The molecule has 2 aromatic rings. The highest BCUT2D eigenvalue weighted by Crippen LogP contribution is 2.43. The molecular formula is C15H12Cl2FN3O2. The van der Waals surface area contributed by atoms with Crippen LogP contribution in [-0.2, 0) is 11.2 Å². The van der Waals surface area contributed by atoms with Crippen molar-refractivity contribution in [3.63, 3.8) is 0 Å². The Bertz CT molecular complexity index is 801. The number of halogens is 3. The van der Waals surface area contributed by atoms with Crippen LogP contribution in [0.1, 0.15) is 5.69 Å². The predicted octanol–water partition coefficient (Wildman–Crippen LogP) is 3.17. The third-order valence-corrected chi connectivity index (χ3v) is 4.12. The summed E-state index contributed by atoms with van der Waals surface area (Å²) in [4.78, 5) is 17.7. The van der Waals surface area contributed by atoms with E-state index >= 15 is 0 Å². The van der Waals surface area contributed by atoms with Gasteiger partial charge < -0.3 is 15.4 Å². The molecule has 2 N–H and O–H groups in total. The topological polar surface area (TPSA) is 68.5 Å². The molecule has 3 rings (SSSR count). The van der Waals surface area contributed by atoms with Crippen LogP contribution in [0.4, 0.5) is 10.1 Å². The number of pyridine rings is 1. The van der Waals surface area contributed by atoms with E-state index in [1.165, 1.54) is 23.2 Å². The summed E-state index contributed by atoms with van der Waals surface area (Å²) in [6.45, 7) is 0. The van der Waals surface area contributed by atoms with Crippen LogP contribution in [0, 0.1) is 5.82 Å². The number of anilines is 1. The van der Waals surface area contributed by atoms with Gasteiger partial charge in [-0.3, -0.25) is 9.78 Å². The van der Waals surface area contributed by atoms with Gasteiger partial charge in [-0.1, -0.05) is 23.2 Å². The number of rotatable bonds is 2. The molecule has 1 amide bonds. The molecule has 1 aromatic carbocycles. The maximum Gasteiger partial charge on any atom is 0.244 e. The minimum Gasteiger partial charge on any atom is -0.452 e. The second kappa shape index (κ2) is 5.96. The summed E-state index contributed by atoms with van der Waals surface area (Å²) < 4.78 is 19.1. The summed E-state index contributed by atoms with van der Waals surface area (Å²) >= 11 is 12.2. The zero-order valence-corrected chi connectivity index (χ0v) is 13.5. The Labute approximate surface area is 141 Å². The number of likely N-dealkylation sites (N-methyl/N-ethyl adjacent to an activating group) is 1. The molecule has 2 heterocycles. The molecular weight excluding hydrogens is 344 g/mol. The molecule has 0 saturated heterocycles. The van der Waals surface area contributed by atoms with Crippen LogP contribution in [0.2, 0.25) is 10.0 Å². The Morgan fingerprint density at radius 3 is 2.87 bits per heavy atom. The summed E-state index contributed by atoms with van der Waals surface area (Å²) in [5.74, 6) is -0.503. The second-order valence-electron chi connectivity index (χ2n) is 5.12. The average molecular weight is 356 g/mol. The van der Waals surface area contributed by atoms with Gasteiger partial charge in [0, 0.05) is 25.7 Å². The van der Waals surface area contributed by atoms with E-state index < -0.39 is 11.9 Å². The highest BCUT2D eigenvalue weighted by atomic mass is 35.5. The lowest BCUT2D eigenvalue weighted by atomic mass is 10.0. The van der Waals surface area contributed by atoms with Crippen molar-refractivity contribution in [1.29, 1.82) is 0 Å². The van der Waals surface area contributed by atoms with Crippen molar-refractivity contribution in [3.05, 3.63) is 46.0 Å². The SMILES string of the molecule is CN1C(=O)[C@H](N)Cc2ncc(Cl)c(Oc3cc(F)ccc3Cl)c21. The number of carbonyl (C=O) groups is 1. The fourth-order valence-corrected chi connectivity index (χ4v) is 2.74. The van der Waals surface area contributed by atoms with Crippen molar-refractivity contribution in [2.24, 2.45) is 5.73 Å². The molecule has 1 aromatic heterocycles. The second-order valence-corrected chi connectivity index (χ2v) is 5.93. The van der Waals surface area contributed by atoms with Crippen molar-refractivity contribution < 1.29 is 13.9 Å². The number of aromatic nitrogens is 1. The van der Waals surface area contributed by atoms with Gasteiger partial charge in [0.25, 0.3) is 0 Å². The number of ether oxygens (including phenoxy) is 1. The number of nitrogens with two attached hydrogens (primary N) is 1. The smallest absolute Gasteiger partial charge is 0.244 e. The third kappa shape index (κ3) is 2.85. The third-order valence-electron chi connectivity index (χ3n) is 3.54. The van der Waals surface area contributed by atoms with Gasteiger partial charge in [-0.25, -0.2) is 4.39 Å². The maximum atomic E-state index is 13.4. The van der Waals surface area contributed by atoms with Gasteiger partial charge in [-0.05, 0) is 12.1 Å². The van der Waals surface area contributed by atoms with E-state index in [-0.39, 0.29) is 33.9 Å². The van der Waals surface area contributed by atoms with Crippen LogP contribution in [0.15, 0.2) is 24.4 Å². The minimum atomic E-state index is -0.674. The molecule has 8 heteroatoms. The van der Waals surface area contributed by atoms with E-state index in [0.29, 0.717) is 11.4 Å². The van der Waals surface area contributed by atoms with E-state index in [1.807, 2.05) is 0 Å². The molecule has 0 spiro atoms. The predicted molar refractivity (Wildman–Crippen MR) is 85.8 cm³/mol. The van der Waals surface area contributed by atoms with Crippen LogP contribution < -0.4 is 15.4 Å². The molecule has 5 nitrogen and oxygen atoms in total. The molecule has 1 atom stereocenters. The number of hydrogen-bond donors (Lipinski definition) is 1. The zero-order chi connectivity index (χ0) is 16.7. The fourth-order valence-electron chi connectivity index (χ4n) is 2.41. The van der Waals surface area contributed by atoms with E-state index in [4.69, 9.17) is 33.7 Å². The lowest BCUT2D eigenvalue weighted by molar-refractivity contribution is -0.119. The van der Waals surface area contributed by atoms with Gasteiger partial charge >= 0.3 is 0 Å². The van der Waals surface area contributed by atoms with Crippen LogP contribution in [0.25, 0.3) is 0 Å². The van der Waals surface area contributed by atoms with E-state index in [9.17, 15) is 9.18 Å². The van der Waals surface area contributed by atoms with Gasteiger partial charge in [0.15, 0.2) is 5.75 Å². The Balaban J connectivity index is 2.11. The van der Waals surface area contributed by atoms with E-state index in [0.717, 1.165) is 6.07 Å². The molecule has 0 radical (unpaired) electrons. The molecule has 0 fully saturated rings. The molecule has 0 saturated carbocycles. The number of fused-ring (bicyclic) bond motifs is 1. The number of carbonyl (C=O) groups excluding carboxylic acids is 1. The average Bonchev–Trinajstić information content (AvgIpc) is 2.51. The molecule has 0 unspecified atom stereocenters. The highest BCUT2D eigenvalue weighted by Gasteiger charge is 2.33. The van der Waals surface area contributed by atoms with Crippen molar-refractivity contribution >= 4 is 34.8 Å². The van der Waals surface area contributed by atoms with Crippen molar-refractivity contribution in [2.75, 3.05) is 11.9 Å². The molecule has 1 aliphatic heterocycles. The maximum absolute atomic E-state index is 13.4. The molecule has 0 bridgehead atoms. The van der Waals surface area contributed by atoms with E-state index in [1.54, 1.807) is 7.05 Å². The number of benzene rings is 1. The highest BCUT2D eigenvalue weighted by molar-refractivity contribution is 6.33. The van der Waals surface area contributed by atoms with Crippen LogP contribution in [0.3, 0.4) is 0 Å². The Morgan fingerprint density at radius 2 is 2.13 bits per heavy atom. The first-order valence-electron chi connectivity index (χ1n) is 6.72. The van der Waals surface area contributed by atoms with Gasteiger partial charge in [-0.15, -0.1) is 0 Å². The molecule has 0 aliphatic carbocycles. The molecule has 1 aliphatic rings. The minimum absolute atomic E-state index is 0.0951. The Morgan fingerprint density at radius 1 is 1.39 bits per heavy atom. The van der Waals surface area contributed by atoms with Crippen LogP contribution in [0.5, 0.6) is 11.5 Å². The molecule has 120 valence electrons.